The second-order valence-electron chi connectivity index (χ2n) is 2.33. The summed E-state index contributed by atoms with van der Waals surface area (Å²) >= 11 is 12.5. The van der Waals surface area contributed by atoms with Crippen molar-refractivity contribution in [3.63, 3.8) is 0 Å². The van der Waals surface area contributed by atoms with E-state index in [4.69, 9.17) is 16.0 Å². The van der Waals surface area contributed by atoms with Gasteiger partial charge in [0.2, 0.25) is 0 Å². The molecule has 0 radical (unpaired) electrons. The number of hydrogen-bond acceptors (Lipinski definition) is 1. The standard InChI is InChI=1S/C8H3Br2ClO/c9-7-5-2-1-4(11)3-6(5)12-8(7)10/h1-3H. The Morgan fingerprint density at radius 3 is 2.75 bits per heavy atom. The highest BCUT2D eigenvalue weighted by Crippen LogP contribution is 2.35. The van der Waals surface area contributed by atoms with Crippen LogP contribution in [0, 0.1) is 0 Å². The Labute approximate surface area is 90.9 Å². The predicted molar refractivity (Wildman–Crippen MR) is 56.6 cm³/mol. The van der Waals surface area contributed by atoms with E-state index in [9.17, 15) is 0 Å². The molecule has 0 unspecified atom stereocenters. The summed E-state index contributed by atoms with van der Waals surface area (Å²) in [6.07, 6.45) is 0. The van der Waals surface area contributed by atoms with Crippen molar-refractivity contribution in [2.45, 2.75) is 0 Å². The van der Waals surface area contributed by atoms with Gasteiger partial charge in [-0.15, -0.1) is 0 Å². The van der Waals surface area contributed by atoms with Gasteiger partial charge >= 0.3 is 0 Å². The van der Waals surface area contributed by atoms with Gasteiger partial charge in [0.05, 0.1) is 4.47 Å². The van der Waals surface area contributed by atoms with Crippen LogP contribution in [0.25, 0.3) is 11.0 Å². The van der Waals surface area contributed by atoms with Crippen LogP contribution in [0.15, 0.2) is 31.8 Å². The summed E-state index contributed by atoms with van der Waals surface area (Å²) in [5.74, 6) is 0. The lowest BCUT2D eigenvalue weighted by Crippen LogP contribution is -1.64. The molecule has 12 heavy (non-hydrogen) atoms. The van der Waals surface area contributed by atoms with Gasteiger partial charge in [-0.1, -0.05) is 11.6 Å². The van der Waals surface area contributed by atoms with E-state index in [2.05, 4.69) is 31.9 Å². The zero-order valence-corrected chi connectivity index (χ0v) is 9.70. The highest BCUT2D eigenvalue weighted by molar-refractivity contribution is 9.13. The van der Waals surface area contributed by atoms with Crippen molar-refractivity contribution in [2.24, 2.45) is 0 Å². The van der Waals surface area contributed by atoms with Crippen molar-refractivity contribution < 1.29 is 4.42 Å². The largest absolute Gasteiger partial charge is 0.448 e. The third kappa shape index (κ3) is 1.30. The topological polar surface area (TPSA) is 13.1 Å². The first kappa shape index (κ1) is 8.60. The lowest BCUT2D eigenvalue weighted by Gasteiger charge is -1.88. The molecule has 0 aliphatic heterocycles. The maximum absolute atomic E-state index is 5.79. The Bertz CT molecular complexity index is 436. The molecule has 0 saturated heterocycles. The maximum atomic E-state index is 5.79. The van der Waals surface area contributed by atoms with E-state index < -0.39 is 0 Å². The molecule has 4 heteroatoms. The highest BCUT2D eigenvalue weighted by atomic mass is 79.9. The Morgan fingerprint density at radius 1 is 1.25 bits per heavy atom. The molecule has 0 aliphatic rings. The van der Waals surface area contributed by atoms with Crippen LogP contribution in [0.4, 0.5) is 0 Å². The molecular weight excluding hydrogens is 307 g/mol. The second kappa shape index (κ2) is 3.05. The zero-order chi connectivity index (χ0) is 8.72. The summed E-state index contributed by atoms with van der Waals surface area (Å²) in [4.78, 5) is 0. The van der Waals surface area contributed by atoms with E-state index in [0.29, 0.717) is 9.69 Å². The lowest BCUT2D eigenvalue weighted by atomic mass is 10.3. The van der Waals surface area contributed by atoms with Crippen LogP contribution in [-0.4, -0.2) is 0 Å². The molecule has 1 aromatic heterocycles. The zero-order valence-electron chi connectivity index (χ0n) is 5.77. The van der Waals surface area contributed by atoms with Gasteiger partial charge < -0.3 is 4.42 Å². The Balaban J connectivity index is 2.87. The highest BCUT2D eigenvalue weighted by Gasteiger charge is 2.08. The number of fused-ring (bicyclic) bond motifs is 1. The molecule has 0 saturated carbocycles. The average molecular weight is 310 g/mol. The van der Waals surface area contributed by atoms with E-state index in [1.54, 1.807) is 6.07 Å². The average Bonchev–Trinajstić information content (AvgIpc) is 2.28. The summed E-state index contributed by atoms with van der Waals surface area (Å²) in [7, 11) is 0. The quantitative estimate of drug-likeness (QED) is 0.692. The molecule has 2 rings (SSSR count). The molecule has 0 bridgehead atoms. The molecule has 0 aliphatic carbocycles. The van der Waals surface area contributed by atoms with Crippen molar-refractivity contribution in [2.75, 3.05) is 0 Å². The van der Waals surface area contributed by atoms with Crippen molar-refractivity contribution in [3.05, 3.63) is 32.4 Å². The van der Waals surface area contributed by atoms with Crippen molar-refractivity contribution >= 4 is 54.4 Å². The second-order valence-corrected chi connectivity index (χ2v) is 4.28. The van der Waals surface area contributed by atoms with Crippen LogP contribution < -0.4 is 0 Å². The van der Waals surface area contributed by atoms with E-state index in [-0.39, 0.29) is 0 Å². The summed E-state index contributed by atoms with van der Waals surface area (Å²) in [5.41, 5.74) is 0.779. The minimum absolute atomic E-state index is 0.677. The molecular formula is C8H3Br2ClO. The summed E-state index contributed by atoms with van der Waals surface area (Å²) < 4.78 is 6.98. The van der Waals surface area contributed by atoms with Gasteiger partial charge in [-0.2, -0.15) is 0 Å². The van der Waals surface area contributed by atoms with Crippen LogP contribution in [-0.2, 0) is 0 Å². The monoisotopic (exact) mass is 308 g/mol. The number of rotatable bonds is 0. The van der Waals surface area contributed by atoms with Gasteiger partial charge in [-0.3, -0.25) is 0 Å². The molecule has 0 amide bonds. The SMILES string of the molecule is Clc1ccc2c(Br)c(Br)oc2c1. The van der Waals surface area contributed by atoms with Crippen LogP contribution in [0.2, 0.25) is 5.02 Å². The molecule has 2 aromatic rings. The fourth-order valence-electron chi connectivity index (χ4n) is 1.01. The van der Waals surface area contributed by atoms with Gasteiger partial charge in [-0.05, 0) is 44.0 Å². The molecule has 1 nitrogen and oxygen atoms in total. The van der Waals surface area contributed by atoms with Crippen LogP contribution in [0.3, 0.4) is 0 Å². The Hall–Kier alpha value is 0.01000. The van der Waals surface area contributed by atoms with Gasteiger partial charge in [0.15, 0.2) is 4.67 Å². The minimum Gasteiger partial charge on any atom is -0.448 e. The molecule has 0 N–H and O–H groups in total. The number of furan rings is 1. The summed E-state index contributed by atoms with van der Waals surface area (Å²) in [6, 6.07) is 5.53. The third-order valence-electron chi connectivity index (χ3n) is 1.55. The first-order valence-electron chi connectivity index (χ1n) is 3.21. The molecule has 62 valence electrons. The van der Waals surface area contributed by atoms with E-state index in [1.165, 1.54) is 0 Å². The van der Waals surface area contributed by atoms with Crippen LogP contribution >= 0.6 is 43.5 Å². The number of benzene rings is 1. The third-order valence-corrected chi connectivity index (χ3v) is 3.67. The van der Waals surface area contributed by atoms with Gasteiger partial charge in [0.25, 0.3) is 0 Å². The van der Waals surface area contributed by atoms with E-state index in [1.807, 2.05) is 12.1 Å². The fraction of sp³-hybridized carbons (Fsp3) is 0. The predicted octanol–water partition coefficient (Wildman–Crippen LogP) is 4.61. The lowest BCUT2D eigenvalue weighted by molar-refractivity contribution is 0.585. The molecule has 1 heterocycles. The van der Waals surface area contributed by atoms with Crippen LogP contribution in [0.5, 0.6) is 0 Å². The molecule has 0 spiro atoms. The Kier molecular flexibility index (Phi) is 2.19. The van der Waals surface area contributed by atoms with Crippen molar-refractivity contribution in [1.82, 2.24) is 0 Å². The number of halogens is 3. The van der Waals surface area contributed by atoms with Crippen molar-refractivity contribution in [1.29, 1.82) is 0 Å². The number of hydrogen-bond donors (Lipinski definition) is 0. The summed E-state index contributed by atoms with van der Waals surface area (Å²) in [6.45, 7) is 0. The first-order valence-corrected chi connectivity index (χ1v) is 5.18. The van der Waals surface area contributed by atoms with Gasteiger partial charge in [0, 0.05) is 16.5 Å². The van der Waals surface area contributed by atoms with Gasteiger partial charge in [0.1, 0.15) is 5.58 Å². The van der Waals surface area contributed by atoms with Crippen molar-refractivity contribution in [3.8, 4) is 0 Å². The summed E-state index contributed by atoms with van der Waals surface area (Å²) in [5, 5.41) is 1.70. The van der Waals surface area contributed by atoms with E-state index >= 15 is 0 Å². The Morgan fingerprint density at radius 2 is 2.00 bits per heavy atom. The van der Waals surface area contributed by atoms with E-state index in [0.717, 1.165) is 15.4 Å². The van der Waals surface area contributed by atoms with Gasteiger partial charge in [-0.25, -0.2) is 0 Å². The molecule has 1 aromatic carbocycles. The molecule has 0 atom stereocenters. The normalized spacial score (nSPS) is 10.9. The minimum atomic E-state index is 0.677. The molecule has 0 fully saturated rings. The van der Waals surface area contributed by atoms with Crippen LogP contribution in [0.1, 0.15) is 0 Å². The maximum Gasteiger partial charge on any atom is 0.184 e. The fourth-order valence-corrected chi connectivity index (χ4v) is 1.97. The first-order chi connectivity index (χ1) is 5.68. The smallest absolute Gasteiger partial charge is 0.184 e.